The number of halogens is 1. The van der Waals surface area contributed by atoms with Gasteiger partial charge >= 0.3 is 0 Å². The number of aliphatic hydroxyl groups is 1. The highest BCUT2D eigenvalue weighted by Gasteiger charge is 2.24. The Morgan fingerprint density at radius 1 is 1.24 bits per heavy atom. The lowest BCUT2D eigenvalue weighted by Gasteiger charge is -2.14. The van der Waals surface area contributed by atoms with Crippen LogP contribution in [-0.2, 0) is 6.42 Å². The molecule has 2 aromatic rings. The minimum atomic E-state index is -0.493. The molecule has 0 amide bonds. The molecule has 1 N–H and O–H groups in total. The van der Waals surface area contributed by atoms with Crippen LogP contribution in [0, 0.1) is 0 Å². The fraction of sp³-hybridized carbons (Fsp3) is 0.333. The summed E-state index contributed by atoms with van der Waals surface area (Å²) in [6, 6.07) is 14.2. The molecule has 1 fully saturated rings. The first kappa shape index (κ1) is 14.6. The van der Waals surface area contributed by atoms with E-state index in [1.807, 2.05) is 30.3 Å². The van der Waals surface area contributed by atoms with E-state index in [0.717, 1.165) is 21.3 Å². The van der Waals surface area contributed by atoms with Crippen molar-refractivity contribution in [3.8, 4) is 5.75 Å². The molecule has 0 saturated heterocycles. The van der Waals surface area contributed by atoms with E-state index in [-0.39, 0.29) is 0 Å². The Balaban J connectivity index is 1.79. The van der Waals surface area contributed by atoms with Gasteiger partial charge in [0.1, 0.15) is 5.75 Å². The van der Waals surface area contributed by atoms with Crippen LogP contribution in [0.4, 0.5) is 0 Å². The van der Waals surface area contributed by atoms with Crippen molar-refractivity contribution in [2.75, 3.05) is 7.11 Å². The lowest BCUT2D eigenvalue weighted by atomic mass is 9.98. The Bertz CT molecular complexity index is 635. The van der Waals surface area contributed by atoms with Gasteiger partial charge < -0.3 is 9.84 Å². The van der Waals surface area contributed by atoms with Crippen molar-refractivity contribution in [2.24, 2.45) is 0 Å². The summed E-state index contributed by atoms with van der Waals surface area (Å²) in [4.78, 5) is 0. The SMILES string of the molecule is COc1ccc(Br)c(CC(O)c2cccc(C3CC3)c2)c1. The Labute approximate surface area is 133 Å². The normalized spacial score (nSPS) is 15.8. The van der Waals surface area contributed by atoms with Gasteiger partial charge in [-0.2, -0.15) is 0 Å². The summed E-state index contributed by atoms with van der Waals surface area (Å²) in [5.74, 6) is 1.52. The van der Waals surface area contributed by atoms with Crippen molar-refractivity contribution in [1.82, 2.24) is 0 Å². The van der Waals surface area contributed by atoms with Crippen LogP contribution in [0.25, 0.3) is 0 Å². The summed E-state index contributed by atoms with van der Waals surface area (Å²) >= 11 is 3.54. The first-order valence-corrected chi connectivity index (χ1v) is 8.07. The Morgan fingerprint density at radius 3 is 2.76 bits per heavy atom. The smallest absolute Gasteiger partial charge is 0.119 e. The van der Waals surface area contributed by atoms with Crippen molar-refractivity contribution in [1.29, 1.82) is 0 Å². The second-order valence-electron chi connectivity index (χ2n) is 5.62. The summed E-state index contributed by atoms with van der Waals surface area (Å²) in [6.45, 7) is 0. The highest BCUT2D eigenvalue weighted by atomic mass is 79.9. The molecule has 1 aliphatic rings. The molecule has 1 saturated carbocycles. The first-order chi connectivity index (χ1) is 10.2. The summed E-state index contributed by atoms with van der Waals surface area (Å²) < 4.78 is 6.25. The third-order valence-electron chi connectivity index (χ3n) is 4.01. The van der Waals surface area contributed by atoms with Gasteiger partial charge in [0, 0.05) is 10.9 Å². The van der Waals surface area contributed by atoms with Crippen LogP contribution in [0.2, 0.25) is 0 Å². The number of rotatable bonds is 5. The third kappa shape index (κ3) is 3.47. The van der Waals surface area contributed by atoms with Gasteiger partial charge in [-0.3, -0.25) is 0 Å². The zero-order valence-corrected chi connectivity index (χ0v) is 13.6. The van der Waals surface area contributed by atoms with Gasteiger partial charge in [0.05, 0.1) is 13.2 Å². The highest BCUT2D eigenvalue weighted by molar-refractivity contribution is 9.10. The maximum absolute atomic E-state index is 10.5. The minimum Gasteiger partial charge on any atom is -0.497 e. The van der Waals surface area contributed by atoms with Gasteiger partial charge in [-0.05, 0) is 53.6 Å². The minimum absolute atomic E-state index is 0.493. The molecule has 0 aliphatic heterocycles. The standard InChI is InChI=1S/C18H19BrO2/c1-21-16-7-8-17(19)15(10-16)11-18(20)14-4-2-3-13(9-14)12-5-6-12/h2-4,7-10,12,18,20H,5-6,11H2,1H3. The van der Waals surface area contributed by atoms with Crippen molar-refractivity contribution < 1.29 is 9.84 Å². The molecule has 0 bridgehead atoms. The van der Waals surface area contributed by atoms with Crippen LogP contribution in [0.5, 0.6) is 5.75 Å². The average Bonchev–Trinajstić information content (AvgIpc) is 3.34. The van der Waals surface area contributed by atoms with Gasteiger partial charge in [0.25, 0.3) is 0 Å². The van der Waals surface area contributed by atoms with Gasteiger partial charge in [-0.1, -0.05) is 40.2 Å². The number of methoxy groups -OCH3 is 1. The molecule has 2 aromatic carbocycles. The molecule has 1 unspecified atom stereocenters. The fourth-order valence-corrected chi connectivity index (χ4v) is 3.01. The highest BCUT2D eigenvalue weighted by Crippen LogP contribution is 2.40. The fourth-order valence-electron chi connectivity index (χ4n) is 2.60. The van der Waals surface area contributed by atoms with Crippen LogP contribution >= 0.6 is 15.9 Å². The molecule has 0 spiro atoms. The predicted octanol–water partition coefficient (Wildman–Crippen LogP) is 4.61. The van der Waals surface area contributed by atoms with E-state index < -0.39 is 6.10 Å². The number of benzene rings is 2. The number of hydrogen-bond acceptors (Lipinski definition) is 2. The van der Waals surface area contributed by atoms with E-state index in [4.69, 9.17) is 4.74 Å². The molecule has 21 heavy (non-hydrogen) atoms. The number of hydrogen-bond donors (Lipinski definition) is 1. The molecule has 1 atom stereocenters. The maximum Gasteiger partial charge on any atom is 0.119 e. The van der Waals surface area contributed by atoms with Crippen LogP contribution in [0.1, 0.15) is 41.6 Å². The van der Waals surface area contributed by atoms with Crippen LogP contribution in [0.15, 0.2) is 46.9 Å². The predicted molar refractivity (Wildman–Crippen MR) is 87.8 cm³/mol. The van der Waals surface area contributed by atoms with E-state index in [9.17, 15) is 5.11 Å². The summed E-state index contributed by atoms with van der Waals surface area (Å²) in [5.41, 5.74) is 3.41. The molecule has 1 aliphatic carbocycles. The Kier molecular flexibility index (Phi) is 4.32. The maximum atomic E-state index is 10.5. The van der Waals surface area contributed by atoms with E-state index in [0.29, 0.717) is 12.3 Å². The van der Waals surface area contributed by atoms with Crippen molar-refractivity contribution in [2.45, 2.75) is 31.3 Å². The largest absolute Gasteiger partial charge is 0.497 e. The van der Waals surface area contributed by atoms with Gasteiger partial charge in [0.2, 0.25) is 0 Å². The van der Waals surface area contributed by atoms with E-state index in [1.165, 1.54) is 18.4 Å². The second-order valence-corrected chi connectivity index (χ2v) is 6.48. The Hall–Kier alpha value is -1.32. The van der Waals surface area contributed by atoms with Crippen LogP contribution in [-0.4, -0.2) is 12.2 Å². The molecule has 0 radical (unpaired) electrons. The zero-order chi connectivity index (χ0) is 14.8. The molecule has 3 heteroatoms. The van der Waals surface area contributed by atoms with Gasteiger partial charge in [-0.25, -0.2) is 0 Å². The van der Waals surface area contributed by atoms with Gasteiger partial charge in [0.15, 0.2) is 0 Å². The quantitative estimate of drug-likeness (QED) is 0.856. The van der Waals surface area contributed by atoms with Crippen molar-refractivity contribution in [3.05, 3.63) is 63.6 Å². The van der Waals surface area contributed by atoms with Crippen LogP contribution < -0.4 is 4.74 Å². The second kappa shape index (κ2) is 6.20. The monoisotopic (exact) mass is 346 g/mol. The van der Waals surface area contributed by atoms with E-state index in [2.05, 4.69) is 28.1 Å². The molecule has 0 aromatic heterocycles. The molecule has 3 rings (SSSR count). The number of ether oxygens (including phenoxy) is 1. The zero-order valence-electron chi connectivity index (χ0n) is 12.1. The number of aliphatic hydroxyl groups excluding tert-OH is 1. The van der Waals surface area contributed by atoms with Gasteiger partial charge in [-0.15, -0.1) is 0 Å². The van der Waals surface area contributed by atoms with Crippen molar-refractivity contribution >= 4 is 15.9 Å². The summed E-state index contributed by atoms with van der Waals surface area (Å²) in [5, 5.41) is 10.5. The molecule has 2 nitrogen and oxygen atoms in total. The van der Waals surface area contributed by atoms with Crippen molar-refractivity contribution in [3.63, 3.8) is 0 Å². The lowest BCUT2D eigenvalue weighted by Crippen LogP contribution is -2.03. The lowest BCUT2D eigenvalue weighted by molar-refractivity contribution is 0.178. The summed E-state index contributed by atoms with van der Waals surface area (Å²) in [7, 11) is 1.66. The molecule has 110 valence electrons. The summed E-state index contributed by atoms with van der Waals surface area (Å²) in [6.07, 6.45) is 2.64. The molecular weight excluding hydrogens is 328 g/mol. The molecule has 0 heterocycles. The topological polar surface area (TPSA) is 29.5 Å². The first-order valence-electron chi connectivity index (χ1n) is 7.27. The van der Waals surface area contributed by atoms with E-state index >= 15 is 0 Å². The van der Waals surface area contributed by atoms with Crippen LogP contribution in [0.3, 0.4) is 0 Å². The third-order valence-corrected chi connectivity index (χ3v) is 4.78. The average molecular weight is 347 g/mol. The molecular formula is C18H19BrO2. The Morgan fingerprint density at radius 2 is 2.05 bits per heavy atom. The van der Waals surface area contributed by atoms with E-state index in [1.54, 1.807) is 7.11 Å².